The van der Waals surface area contributed by atoms with Crippen molar-refractivity contribution in [2.24, 2.45) is 5.14 Å². The SMILES string of the molecule is CN(c1ccc(S(N)(=O)=O)cc1)S(=O)(=O)CS(C)(=O)=O. The first kappa shape index (κ1) is 16.9. The summed E-state index contributed by atoms with van der Waals surface area (Å²) in [4.78, 5) is -0.171. The third kappa shape index (κ3) is 4.44. The molecular weight excluding hydrogens is 328 g/mol. The molecule has 0 aliphatic carbocycles. The zero-order chi connectivity index (χ0) is 15.8. The minimum atomic E-state index is -4.05. The summed E-state index contributed by atoms with van der Waals surface area (Å²) >= 11 is 0. The van der Waals surface area contributed by atoms with Crippen molar-refractivity contribution in [2.45, 2.75) is 4.90 Å². The van der Waals surface area contributed by atoms with Gasteiger partial charge < -0.3 is 0 Å². The Morgan fingerprint density at radius 2 is 1.45 bits per heavy atom. The third-order valence-electron chi connectivity index (χ3n) is 2.31. The number of sulfone groups is 1. The van der Waals surface area contributed by atoms with Gasteiger partial charge in [-0.3, -0.25) is 4.31 Å². The van der Waals surface area contributed by atoms with Crippen molar-refractivity contribution in [2.75, 3.05) is 22.7 Å². The zero-order valence-electron chi connectivity index (χ0n) is 10.7. The molecule has 0 spiro atoms. The highest BCUT2D eigenvalue weighted by atomic mass is 32.3. The summed E-state index contributed by atoms with van der Waals surface area (Å²) < 4.78 is 68.7. The third-order valence-corrected chi connectivity index (χ3v) is 7.19. The molecule has 2 N–H and O–H groups in total. The Morgan fingerprint density at radius 1 is 1.00 bits per heavy atom. The van der Waals surface area contributed by atoms with E-state index in [1.807, 2.05) is 0 Å². The Kier molecular flexibility index (Phi) is 4.49. The summed E-state index contributed by atoms with van der Waals surface area (Å²) in [6.07, 6.45) is 0.808. The van der Waals surface area contributed by atoms with E-state index in [1.54, 1.807) is 0 Å². The number of primary sulfonamides is 1. The molecular formula is C9H14N2O6S3. The van der Waals surface area contributed by atoms with Crippen LogP contribution in [0.15, 0.2) is 29.2 Å². The first-order valence-electron chi connectivity index (χ1n) is 5.10. The van der Waals surface area contributed by atoms with E-state index in [4.69, 9.17) is 5.14 Å². The molecule has 0 saturated heterocycles. The number of hydrogen-bond donors (Lipinski definition) is 1. The second-order valence-corrected chi connectivity index (χ2v) is 10.2. The number of sulfonamides is 2. The van der Waals surface area contributed by atoms with Crippen LogP contribution in [0.2, 0.25) is 0 Å². The van der Waals surface area contributed by atoms with Crippen molar-refractivity contribution in [1.82, 2.24) is 0 Å². The molecule has 0 radical (unpaired) electrons. The van der Waals surface area contributed by atoms with Crippen LogP contribution in [0.3, 0.4) is 0 Å². The van der Waals surface area contributed by atoms with Crippen LogP contribution in [0.25, 0.3) is 0 Å². The lowest BCUT2D eigenvalue weighted by Crippen LogP contribution is -2.32. The van der Waals surface area contributed by atoms with Gasteiger partial charge >= 0.3 is 0 Å². The van der Waals surface area contributed by atoms with Gasteiger partial charge in [-0.15, -0.1) is 0 Å². The minimum absolute atomic E-state index is 0.126. The molecule has 0 aliphatic rings. The van der Waals surface area contributed by atoms with Crippen molar-refractivity contribution in [1.29, 1.82) is 0 Å². The Bertz CT molecular complexity index is 794. The van der Waals surface area contributed by atoms with Crippen molar-refractivity contribution >= 4 is 35.6 Å². The van der Waals surface area contributed by atoms with E-state index in [0.717, 1.165) is 22.7 Å². The number of nitrogens with zero attached hydrogens (tertiary/aromatic N) is 1. The average Bonchev–Trinajstić information content (AvgIpc) is 2.24. The molecule has 0 saturated carbocycles. The standard InChI is InChI=1S/C9H14N2O6S3/c1-11(19(14,15)7-18(2,12)13)8-3-5-9(6-4-8)20(10,16)17/h3-6H,7H2,1-2H3,(H2,10,16,17). The van der Waals surface area contributed by atoms with Gasteiger partial charge in [0, 0.05) is 13.3 Å². The zero-order valence-corrected chi connectivity index (χ0v) is 13.2. The largest absolute Gasteiger partial charge is 0.272 e. The van der Waals surface area contributed by atoms with Gasteiger partial charge in [-0.25, -0.2) is 30.4 Å². The molecule has 0 bridgehead atoms. The van der Waals surface area contributed by atoms with Crippen molar-refractivity contribution in [3.8, 4) is 0 Å². The van der Waals surface area contributed by atoms with Gasteiger partial charge in [-0.1, -0.05) is 0 Å². The first-order valence-corrected chi connectivity index (χ1v) is 10.3. The number of nitrogens with two attached hydrogens (primary N) is 1. The van der Waals surface area contributed by atoms with Crippen LogP contribution in [0.4, 0.5) is 5.69 Å². The first-order chi connectivity index (χ1) is 8.83. The quantitative estimate of drug-likeness (QED) is 0.737. The molecule has 1 aromatic carbocycles. The van der Waals surface area contributed by atoms with E-state index in [-0.39, 0.29) is 10.6 Å². The lowest BCUT2D eigenvalue weighted by molar-refractivity contribution is 0.590. The smallest absolute Gasteiger partial charge is 0.249 e. The summed E-state index contributed by atoms with van der Waals surface area (Å²) in [7, 11) is -10.5. The molecule has 1 aromatic rings. The Morgan fingerprint density at radius 3 is 1.80 bits per heavy atom. The molecule has 0 fully saturated rings. The van der Waals surface area contributed by atoms with E-state index < -0.39 is 35.0 Å². The fraction of sp³-hybridized carbons (Fsp3) is 0.333. The predicted molar refractivity (Wildman–Crippen MR) is 74.8 cm³/mol. The Labute approximate surface area is 118 Å². The molecule has 0 heterocycles. The van der Waals surface area contributed by atoms with Crippen LogP contribution in [-0.2, 0) is 29.9 Å². The van der Waals surface area contributed by atoms with Crippen LogP contribution in [-0.4, -0.2) is 43.6 Å². The van der Waals surface area contributed by atoms with Crippen LogP contribution < -0.4 is 9.44 Å². The maximum atomic E-state index is 11.8. The molecule has 0 amide bonds. The molecule has 1 rings (SSSR count). The van der Waals surface area contributed by atoms with Gasteiger partial charge in [0.2, 0.25) is 20.0 Å². The fourth-order valence-corrected chi connectivity index (χ4v) is 5.11. The van der Waals surface area contributed by atoms with Crippen LogP contribution in [0, 0.1) is 0 Å². The number of benzene rings is 1. The molecule has 114 valence electrons. The van der Waals surface area contributed by atoms with Crippen molar-refractivity contribution in [3.05, 3.63) is 24.3 Å². The number of hydrogen-bond acceptors (Lipinski definition) is 6. The summed E-state index contributed by atoms with van der Waals surface area (Å²) in [5.41, 5.74) is 0.126. The van der Waals surface area contributed by atoms with Crippen LogP contribution in [0.1, 0.15) is 0 Å². The minimum Gasteiger partial charge on any atom is -0.272 e. The van der Waals surface area contributed by atoms with Crippen LogP contribution in [0.5, 0.6) is 0 Å². The average molecular weight is 342 g/mol. The topological polar surface area (TPSA) is 132 Å². The lowest BCUT2D eigenvalue weighted by Gasteiger charge is -2.18. The van der Waals surface area contributed by atoms with Crippen molar-refractivity contribution in [3.63, 3.8) is 0 Å². The van der Waals surface area contributed by atoms with Gasteiger partial charge in [0.25, 0.3) is 0 Å². The lowest BCUT2D eigenvalue weighted by atomic mass is 10.3. The summed E-state index contributed by atoms with van der Waals surface area (Å²) in [5, 5.41) is 3.88. The molecule has 20 heavy (non-hydrogen) atoms. The highest BCUT2D eigenvalue weighted by molar-refractivity contribution is 8.08. The molecule has 0 aromatic heterocycles. The van der Waals surface area contributed by atoms with Crippen LogP contribution >= 0.6 is 0 Å². The highest BCUT2D eigenvalue weighted by Crippen LogP contribution is 2.19. The van der Waals surface area contributed by atoms with Gasteiger partial charge in [0.15, 0.2) is 14.9 Å². The van der Waals surface area contributed by atoms with Gasteiger partial charge in [-0.05, 0) is 24.3 Å². The normalized spacial score (nSPS) is 13.2. The van der Waals surface area contributed by atoms with E-state index in [9.17, 15) is 25.3 Å². The predicted octanol–water partition coefficient (Wildman–Crippen LogP) is -0.898. The molecule has 0 atom stereocenters. The second-order valence-electron chi connectivity index (χ2n) is 4.16. The van der Waals surface area contributed by atoms with E-state index in [1.165, 1.54) is 19.2 Å². The number of anilines is 1. The summed E-state index contributed by atoms with van der Waals surface area (Å²) in [5.74, 6) is 0. The number of rotatable bonds is 5. The molecule has 0 aliphatic heterocycles. The van der Waals surface area contributed by atoms with Crippen molar-refractivity contribution < 1.29 is 25.3 Å². The maximum absolute atomic E-state index is 11.8. The Hall–Kier alpha value is -1.17. The molecule has 8 nitrogen and oxygen atoms in total. The maximum Gasteiger partial charge on any atom is 0.249 e. The molecule has 0 unspecified atom stereocenters. The van der Waals surface area contributed by atoms with Gasteiger partial charge in [0.1, 0.15) is 0 Å². The van der Waals surface area contributed by atoms with E-state index >= 15 is 0 Å². The highest BCUT2D eigenvalue weighted by Gasteiger charge is 2.24. The Balaban J connectivity index is 3.14. The van der Waals surface area contributed by atoms with Gasteiger partial charge in [-0.2, -0.15) is 0 Å². The summed E-state index contributed by atoms with van der Waals surface area (Å²) in [6.45, 7) is 0. The molecule has 11 heteroatoms. The monoisotopic (exact) mass is 342 g/mol. The van der Waals surface area contributed by atoms with Gasteiger partial charge in [0.05, 0.1) is 10.6 Å². The second kappa shape index (κ2) is 5.31. The fourth-order valence-electron chi connectivity index (χ4n) is 1.36. The summed E-state index contributed by atoms with van der Waals surface area (Å²) in [6, 6.07) is 4.72. The van der Waals surface area contributed by atoms with E-state index in [2.05, 4.69) is 0 Å². The van der Waals surface area contributed by atoms with E-state index in [0.29, 0.717) is 0 Å².